The average Bonchev–Trinajstić information content (AvgIpc) is 3.16. The van der Waals surface area contributed by atoms with Crippen LogP contribution < -0.4 is 10.6 Å². The maximum atomic E-state index is 12.1. The lowest BCUT2D eigenvalue weighted by molar-refractivity contribution is -0.115. The van der Waals surface area contributed by atoms with Gasteiger partial charge in [-0.25, -0.2) is 4.98 Å². The summed E-state index contributed by atoms with van der Waals surface area (Å²) in [5.41, 5.74) is 0.869. The number of hydrogen-bond acceptors (Lipinski definition) is 5. The van der Waals surface area contributed by atoms with Gasteiger partial charge in [0.15, 0.2) is 0 Å². The first kappa shape index (κ1) is 20.2. The number of nitrogens with one attached hydrogen (secondary N) is 2. The van der Waals surface area contributed by atoms with Crippen molar-refractivity contribution in [3.8, 4) is 0 Å². The molecule has 2 N–H and O–H groups in total. The Hall–Kier alpha value is -2.15. The molecule has 6 nitrogen and oxygen atoms in total. The second-order valence-electron chi connectivity index (χ2n) is 5.42. The summed E-state index contributed by atoms with van der Waals surface area (Å²) in [5, 5.41) is 6.24. The Labute approximate surface area is 161 Å². The highest BCUT2D eigenvalue weighted by Gasteiger charge is 2.14. The summed E-state index contributed by atoms with van der Waals surface area (Å²) in [5.74, 6) is 0.298. The summed E-state index contributed by atoms with van der Waals surface area (Å²) in [7, 11) is 1.75. The average molecular weight is 396 g/mol. The zero-order valence-electron chi connectivity index (χ0n) is 14.2. The Kier molecular flexibility index (Phi) is 7.84. The van der Waals surface area contributed by atoms with Gasteiger partial charge in [-0.1, -0.05) is 29.3 Å². The summed E-state index contributed by atoms with van der Waals surface area (Å²) in [6.45, 7) is 0.767. The van der Waals surface area contributed by atoms with E-state index in [0.717, 1.165) is 25.7 Å². The van der Waals surface area contributed by atoms with Gasteiger partial charge in [-0.15, -0.1) is 0 Å². The third-order valence-electron chi connectivity index (χ3n) is 3.58. The standard InChI is InChI=1S/C13H11Cl2N3O.C5H8O2/c1-16-11-7-8(5-6-17-11)18-13(19)12-9(14)3-2-4-10(12)15;6-4-5-2-1-3-7-5/h2-7H,1H3,(H2,16,17,18,19);4-5H,1-3H2. The van der Waals surface area contributed by atoms with E-state index < -0.39 is 0 Å². The van der Waals surface area contributed by atoms with Crippen molar-refractivity contribution in [2.75, 3.05) is 24.3 Å². The molecule has 0 aliphatic carbocycles. The molecule has 1 atom stereocenters. The number of anilines is 2. The predicted molar refractivity (Wildman–Crippen MR) is 103 cm³/mol. The SMILES string of the molecule is CNc1cc(NC(=O)c2c(Cl)cccc2Cl)ccn1.O=CC1CCCO1. The van der Waals surface area contributed by atoms with Gasteiger partial charge in [0.1, 0.15) is 18.2 Å². The van der Waals surface area contributed by atoms with Crippen LogP contribution in [0.15, 0.2) is 36.5 Å². The Morgan fingerprint density at radius 2 is 2.04 bits per heavy atom. The Morgan fingerprint density at radius 1 is 1.31 bits per heavy atom. The van der Waals surface area contributed by atoms with Crippen molar-refractivity contribution in [2.24, 2.45) is 0 Å². The molecule has 3 rings (SSSR count). The van der Waals surface area contributed by atoms with Gasteiger partial charge in [0.2, 0.25) is 0 Å². The number of aromatic nitrogens is 1. The third kappa shape index (κ3) is 5.69. The molecule has 0 radical (unpaired) electrons. The number of hydrogen-bond donors (Lipinski definition) is 2. The van der Waals surface area contributed by atoms with E-state index in [4.69, 9.17) is 27.9 Å². The summed E-state index contributed by atoms with van der Waals surface area (Å²) < 4.78 is 4.93. The second kappa shape index (κ2) is 10.1. The zero-order valence-corrected chi connectivity index (χ0v) is 15.7. The van der Waals surface area contributed by atoms with Crippen molar-refractivity contribution in [2.45, 2.75) is 18.9 Å². The fraction of sp³-hybridized carbons (Fsp3) is 0.278. The lowest BCUT2D eigenvalue weighted by atomic mass is 10.2. The molecule has 0 spiro atoms. The number of ether oxygens (including phenoxy) is 1. The lowest BCUT2D eigenvalue weighted by Crippen LogP contribution is -2.13. The highest BCUT2D eigenvalue weighted by atomic mass is 35.5. The molecule has 1 aliphatic rings. The number of pyridine rings is 1. The summed E-state index contributed by atoms with van der Waals surface area (Å²) in [6.07, 6.45) is 4.34. The fourth-order valence-corrected chi connectivity index (χ4v) is 2.83. The van der Waals surface area contributed by atoms with E-state index in [-0.39, 0.29) is 17.6 Å². The van der Waals surface area contributed by atoms with E-state index in [9.17, 15) is 9.59 Å². The van der Waals surface area contributed by atoms with Gasteiger partial charge in [0.05, 0.1) is 15.6 Å². The van der Waals surface area contributed by atoms with Crippen molar-refractivity contribution >= 4 is 46.9 Å². The maximum Gasteiger partial charge on any atom is 0.258 e. The number of carbonyl (C=O) groups is 2. The zero-order chi connectivity index (χ0) is 18.9. The molecule has 0 bridgehead atoms. The summed E-state index contributed by atoms with van der Waals surface area (Å²) >= 11 is 12.0. The second-order valence-corrected chi connectivity index (χ2v) is 6.23. The van der Waals surface area contributed by atoms with Crippen LogP contribution in [0.2, 0.25) is 10.0 Å². The van der Waals surface area contributed by atoms with Crippen molar-refractivity contribution < 1.29 is 14.3 Å². The number of nitrogens with zero attached hydrogens (tertiary/aromatic N) is 1. The molecule has 1 amide bonds. The highest BCUT2D eigenvalue weighted by Crippen LogP contribution is 2.25. The fourth-order valence-electron chi connectivity index (χ4n) is 2.26. The monoisotopic (exact) mass is 395 g/mol. The molecule has 0 saturated carbocycles. The molecular weight excluding hydrogens is 377 g/mol. The van der Waals surface area contributed by atoms with E-state index in [1.54, 1.807) is 43.6 Å². The van der Waals surface area contributed by atoms with Crippen LogP contribution in [-0.4, -0.2) is 36.9 Å². The molecule has 26 heavy (non-hydrogen) atoms. The lowest BCUT2D eigenvalue weighted by Gasteiger charge is -2.09. The van der Waals surface area contributed by atoms with E-state index in [1.807, 2.05) is 0 Å². The molecule has 2 aromatic rings. The third-order valence-corrected chi connectivity index (χ3v) is 4.21. The molecule has 1 aliphatic heterocycles. The van der Waals surface area contributed by atoms with Crippen molar-refractivity contribution in [1.82, 2.24) is 4.98 Å². The van der Waals surface area contributed by atoms with Gasteiger partial charge in [-0.05, 0) is 31.0 Å². The number of benzene rings is 1. The maximum absolute atomic E-state index is 12.1. The van der Waals surface area contributed by atoms with Crippen LogP contribution in [-0.2, 0) is 9.53 Å². The first-order valence-corrected chi connectivity index (χ1v) is 8.76. The van der Waals surface area contributed by atoms with Gasteiger partial charge >= 0.3 is 0 Å². The highest BCUT2D eigenvalue weighted by molar-refractivity contribution is 6.40. The molecule has 1 unspecified atom stereocenters. The number of halogens is 2. The molecule has 8 heteroatoms. The number of rotatable bonds is 4. The smallest absolute Gasteiger partial charge is 0.258 e. The van der Waals surface area contributed by atoms with Crippen molar-refractivity contribution in [3.05, 3.63) is 52.1 Å². The van der Waals surface area contributed by atoms with Crippen molar-refractivity contribution in [3.63, 3.8) is 0 Å². The molecule has 138 valence electrons. The number of amides is 1. The molecule has 1 aromatic heterocycles. The van der Waals surface area contributed by atoms with Gasteiger partial charge in [-0.2, -0.15) is 0 Å². The van der Waals surface area contributed by atoms with Crippen LogP contribution in [0.4, 0.5) is 11.5 Å². The van der Waals surface area contributed by atoms with Gasteiger partial charge in [0, 0.05) is 31.6 Å². The van der Waals surface area contributed by atoms with Crippen LogP contribution in [0.1, 0.15) is 23.2 Å². The summed E-state index contributed by atoms with van der Waals surface area (Å²) in [4.78, 5) is 26.1. The van der Waals surface area contributed by atoms with E-state index >= 15 is 0 Å². The van der Waals surface area contributed by atoms with E-state index in [0.29, 0.717) is 21.6 Å². The van der Waals surface area contributed by atoms with Gasteiger partial charge in [0.25, 0.3) is 5.91 Å². The van der Waals surface area contributed by atoms with E-state index in [2.05, 4.69) is 15.6 Å². The van der Waals surface area contributed by atoms with Crippen LogP contribution in [0.5, 0.6) is 0 Å². The minimum absolute atomic E-state index is 0.0833. The molecule has 2 heterocycles. The Morgan fingerprint density at radius 3 is 2.58 bits per heavy atom. The molecular formula is C18H19Cl2N3O3. The number of aldehydes is 1. The van der Waals surface area contributed by atoms with Gasteiger partial charge in [-0.3, -0.25) is 4.79 Å². The minimum Gasteiger partial charge on any atom is -0.373 e. The first-order valence-electron chi connectivity index (χ1n) is 8.01. The first-order chi connectivity index (χ1) is 12.5. The minimum atomic E-state index is -0.358. The number of carbonyl (C=O) groups excluding carboxylic acids is 2. The normalized spacial score (nSPS) is 15.6. The topological polar surface area (TPSA) is 80.3 Å². The van der Waals surface area contributed by atoms with E-state index in [1.165, 1.54) is 0 Å². The Bertz CT molecular complexity index is 745. The van der Waals surface area contributed by atoms with Crippen LogP contribution in [0.25, 0.3) is 0 Å². The largest absolute Gasteiger partial charge is 0.373 e. The molecule has 1 aromatic carbocycles. The predicted octanol–water partition coefficient (Wildman–Crippen LogP) is 4.05. The van der Waals surface area contributed by atoms with Crippen LogP contribution >= 0.6 is 23.2 Å². The van der Waals surface area contributed by atoms with Crippen molar-refractivity contribution in [1.29, 1.82) is 0 Å². The van der Waals surface area contributed by atoms with Crippen LogP contribution in [0, 0.1) is 0 Å². The van der Waals surface area contributed by atoms with Crippen LogP contribution in [0.3, 0.4) is 0 Å². The van der Waals surface area contributed by atoms with Gasteiger partial charge < -0.3 is 20.2 Å². The summed E-state index contributed by atoms with van der Waals surface area (Å²) in [6, 6.07) is 8.32. The Balaban J connectivity index is 0.000000290. The molecule has 1 fully saturated rings. The molecule has 1 saturated heterocycles. The quantitative estimate of drug-likeness (QED) is 0.763.